The van der Waals surface area contributed by atoms with Crippen LogP contribution in [-0.2, 0) is 17.8 Å². The zero-order valence-corrected chi connectivity index (χ0v) is 12.0. The zero-order chi connectivity index (χ0) is 14.5. The third-order valence-electron chi connectivity index (χ3n) is 3.25. The second kappa shape index (κ2) is 6.39. The van der Waals surface area contributed by atoms with Crippen molar-refractivity contribution in [3.63, 3.8) is 0 Å². The molecular formula is C16H19NO3. The van der Waals surface area contributed by atoms with Gasteiger partial charge in [-0.3, -0.25) is 0 Å². The first kappa shape index (κ1) is 14.3. The first-order chi connectivity index (χ1) is 9.61. The normalized spacial score (nSPS) is 10.6. The molecule has 0 spiro atoms. The van der Waals surface area contributed by atoms with E-state index < -0.39 is 0 Å². The van der Waals surface area contributed by atoms with Gasteiger partial charge < -0.3 is 14.5 Å². The number of hydrogen-bond acceptors (Lipinski definition) is 4. The Kier molecular flexibility index (Phi) is 4.58. The number of benzene rings is 1. The molecule has 0 amide bonds. The van der Waals surface area contributed by atoms with Crippen molar-refractivity contribution in [2.45, 2.75) is 26.9 Å². The molecule has 0 saturated heterocycles. The molecule has 0 aliphatic heterocycles. The maximum Gasteiger partial charge on any atom is 0.341 e. The highest BCUT2D eigenvalue weighted by atomic mass is 16.5. The van der Waals surface area contributed by atoms with E-state index in [4.69, 9.17) is 9.15 Å². The summed E-state index contributed by atoms with van der Waals surface area (Å²) in [6.07, 6.45) is 0. The topological polar surface area (TPSA) is 51.5 Å². The maximum absolute atomic E-state index is 11.5. The number of aryl methyl sites for hydroxylation is 2. The van der Waals surface area contributed by atoms with Crippen LogP contribution in [0.5, 0.6) is 0 Å². The monoisotopic (exact) mass is 273 g/mol. The summed E-state index contributed by atoms with van der Waals surface area (Å²) in [5.41, 5.74) is 3.00. The Morgan fingerprint density at radius 3 is 2.70 bits per heavy atom. The molecule has 1 aromatic heterocycles. The predicted molar refractivity (Wildman–Crippen MR) is 76.5 cm³/mol. The molecule has 0 atom stereocenters. The summed E-state index contributed by atoms with van der Waals surface area (Å²) in [6, 6.07) is 9.96. The van der Waals surface area contributed by atoms with Crippen LogP contribution >= 0.6 is 0 Å². The largest absolute Gasteiger partial charge is 0.465 e. The Morgan fingerprint density at radius 2 is 2.00 bits per heavy atom. The molecule has 0 aliphatic rings. The van der Waals surface area contributed by atoms with E-state index in [2.05, 4.69) is 24.4 Å². The Balaban J connectivity index is 1.95. The van der Waals surface area contributed by atoms with Gasteiger partial charge in [-0.1, -0.05) is 24.3 Å². The van der Waals surface area contributed by atoms with Crippen LogP contribution in [-0.4, -0.2) is 13.1 Å². The van der Waals surface area contributed by atoms with E-state index in [0.29, 0.717) is 17.9 Å². The number of esters is 1. The van der Waals surface area contributed by atoms with E-state index in [1.807, 2.05) is 12.1 Å². The van der Waals surface area contributed by atoms with Gasteiger partial charge in [0.05, 0.1) is 13.7 Å². The van der Waals surface area contributed by atoms with Gasteiger partial charge in [-0.15, -0.1) is 0 Å². The molecule has 20 heavy (non-hydrogen) atoms. The van der Waals surface area contributed by atoms with Crippen LogP contribution in [0.15, 0.2) is 34.7 Å². The fourth-order valence-electron chi connectivity index (χ4n) is 2.07. The molecule has 106 valence electrons. The molecule has 4 nitrogen and oxygen atoms in total. The van der Waals surface area contributed by atoms with Crippen LogP contribution in [0.4, 0.5) is 0 Å². The highest BCUT2D eigenvalue weighted by molar-refractivity contribution is 5.90. The number of carbonyl (C=O) groups excluding carboxylic acids is 1. The van der Waals surface area contributed by atoms with Gasteiger partial charge in [-0.05, 0) is 31.0 Å². The smallest absolute Gasteiger partial charge is 0.341 e. The van der Waals surface area contributed by atoms with Crippen LogP contribution in [0.2, 0.25) is 0 Å². The van der Waals surface area contributed by atoms with Gasteiger partial charge in [0.2, 0.25) is 0 Å². The zero-order valence-electron chi connectivity index (χ0n) is 12.0. The second-order valence-electron chi connectivity index (χ2n) is 4.70. The summed E-state index contributed by atoms with van der Waals surface area (Å²) >= 11 is 0. The van der Waals surface area contributed by atoms with Crippen molar-refractivity contribution in [1.29, 1.82) is 0 Å². The number of rotatable bonds is 5. The second-order valence-corrected chi connectivity index (χ2v) is 4.70. The molecule has 0 saturated carbocycles. The van der Waals surface area contributed by atoms with E-state index in [9.17, 15) is 4.79 Å². The lowest BCUT2D eigenvalue weighted by atomic mass is 10.1. The highest BCUT2D eigenvalue weighted by Crippen LogP contribution is 2.15. The number of ether oxygens (including phenoxy) is 1. The van der Waals surface area contributed by atoms with Crippen molar-refractivity contribution in [1.82, 2.24) is 5.32 Å². The van der Waals surface area contributed by atoms with E-state index in [1.165, 1.54) is 18.2 Å². The van der Waals surface area contributed by atoms with Crippen LogP contribution in [0.25, 0.3) is 0 Å². The van der Waals surface area contributed by atoms with Gasteiger partial charge in [0.1, 0.15) is 17.1 Å². The molecule has 2 rings (SSSR count). The van der Waals surface area contributed by atoms with E-state index in [1.54, 1.807) is 13.0 Å². The van der Waals surface area contributed by atoms with Gasteiger partial charge in [0.15, 0.2) is 0 Å². The number of furan rings is 1. The van der Waals surface area contributed by atoms with Crippen molar-refractivity contribution in [3.8, 4) is 0 Å². The lowest BCUT2D eigenvalue weighted by molar-refractivity contribution is 0.0599. The van der Waals surface area contributed by atoms with Crippen molar-refractivity contribution in [2.75, 3.05) is 7.11 Å². The van der Waals surface area contributed by atoms with Crippen molar-refractivity contribution >= 4 is 5.97 Å². The molecular weight excluding hydrogens is 254 g/mol. The van der Waals surface area contributed by atoms with Gasteiger partial charge in [-0.25, -0.2) is 4.79 Å². The third-order valence-corrected chi connectivity index (χ3v) is 3.25. The van der Waals surface area contributed by atoms with Crippen molar-refractivity contribution in [3.05, 3.63) is 58.5 Å². The lowest BCUT2D eigenvalue weighted by Crippen LogP contribution is -2.13. The van der Waals surface area contributed by atoms with Gasteiger partial charge in [-0.2, -0.15) is 0 Å². The van der Waals surface area contributed by atoms with Crippen LogP contribution in [0.1, 0.15) is 33.0 Å². The first-order valence-corrected chi connectivity index (χ1v) is 6.54. The molecule has 0 unspecified atom stereocenters. The summed E-state index contributed by atoms with van der Waals surface area (Å²) in [4.78, 5) is 11.5. The summed E-state index contributed by atoms with van der Waals surface area (Å²) < 4.78 is 10.2. The molecule has 1 aromatic carbocycles. The molecule has 0 fully saturated rings. The van der Waals surface area contributed by atoms with Crippen molar-refractivity contribution in [2.24, 2.45) is 0 Å². The molecule has 4 heteroatoms. The quantitative estimate of drug-likeness (QED) is 0.851. The predicted octanol–water partition coefficient (Wildman–Crippen LogP) is 2.97. The fraction of sp³-hybridized carbons (Fsp3) is 0.312. The number of carbonyl (C=O) groups is 1. The highest BCUT2D eigenvalue weighted by Gasteiger charge is 2.14. The van der Waals surface area contributed by atoms with E-state index >= 15 is 0 Å². The Bertz CT molecular complexity index is 602. The van der Waals surface area contributed by atoms with Gasteiger partial charge in [0, 0.05) is 6.54 Å². The first-order valence-electron chi connectivity index (χ1n) is 6.54. The Labute approximate surface area is 118 Å². The molecule has 1 heterocycles. The summed E-state index contributed by atoms with van der Waals surface area (Å²) in [5.74, 6) is 0.956. The standard InChI is InChI=1S/C16H19NO3/c1-11-6-4-5-7-13(11)9-17-10-14-8-15(12(2)20-14)16(18)19-3/h4-8,17H,9-10H2,1-3H3. The minimum atomic E-state index is -0.364. The van der Waals surface area contributed by atoms with E-state index in [-0.39, 0.29) is 5.97 Å². The molecule has 1 N–H and O–H groups in total. The average Bonchev–Trinajstić information content (AvgIpc) is 2.81. The molecule has 0 radical (unpaired) electrons. The lowest BCUT2D eigenvalue weighted by Gasteiger charge is -2.06. The van der Waals surface area contributed by atoms with E-state index in [0.717, 1.165) is 12.3 Å². The van der Waals surface area contributed by atoms with Crippen LogP contribution in [0, 0.1) is 13.8 Å². The summed E-state index contributed by atoms with van der Waals surface area (Å²) in [5, 5.41) is 3.31. The van der Waals surface area contributed by atoms with Gasteiger partial charge >= 0.3 is 5.97 Å². The van der Waals surface area contributed by atoms with Crippen LogP contribution < -0.4 is 5.32 Å². The maximum atomic E-state index is 11.5. The Morgan fingerprint density at radius 1 is 1.25 bits per heavy atom. The number of hydrogen-bond donors (Lipinski definition) is 1. The summed E-state index contributed by atoms with van der Waals surface area (Å²) in [6.45, 7) is 5.19. The SMILES string of the molecule is COC(=O)c1cc(CNCc2ccccc2C)oc1C. The minimum absolute atomic E-state index is 0.364. The molecule has 0 aliphatic carbocycles. The average molecular weight is 273 g/mol. The summed E-state index contributed by atoms with van der Waals surface area (Å²) in [7, 11) is 1.37. The number of nitrogens with one attached hydrogen (secondary N) is 1. The van der Waals surface area contributed by atoms with Crippen LogP contribution in [0.3, 0.4) is 0 Å². The Hall–Kier alpha value is -2.07. The fourth-order valence-corrected chi connectivity index (χ4v) is 2.07. The molecule has 0 bridgehead atoms. The third kappa shape index (κ3) is 3.27. The van der Waals surface area contributed by atoms with Gasteiger partial charge in [0.25, 0.3) is 0 Å². The van der Waals surface area contributed by atoms with Crippen molar-refractivity contribution < 1.29 is 13.9 Å². The number of methoxy groups -OCH3 is 1. The minimum Gasteiger partial charge on any atom is -0.465 e. The molecule has 2 aromatic rings.